The van der Waals surface area contributed by atoms with Gasteiger partial charge in [-0.05, 0) is 31.9 Å². The fourth-order valence-corrected chi connectivity index (χ4v) is 4.62. The van der Waals surface area contributed by atoms with Gasteiger partial charge in [0.1, 0.15) is 5.54 Å². The van der Waals surface area contributed by atoms with Crippen LogP contribution in [0.1, 0.15) is 39.0 Å². The summed E-state index contributed by atoms with van der Waals surface area (Å²) >= 11 is 7.44. The molecule has 3 rings (SSSR count). The fraction of sp³-hybridized carbons (Fsp3) is 0.474. The first-order chi connectivity index (χ1) is 13.4. The summed E-state index contributed by atoms with van der Waals surface area (Å²) in [6.07, 6.45) is 4.46. The summed E-state index contributed by atoms with van der Waals surface area (Å²) in [6.45, 7) is 1.79. The van der Waals surface area contributed by atoms with Gasteiger partial charge in [0.05, 0.1) is 16.3 Å². The average Bonchev–Trinajstić information content (AvgIpc) is 3.07. The van der Waals surface area contributed by atoms with Gasteiger partial charge in [-0.15, -0.1) is 10.2 Å². The van der Waals surface area contributed by atoms with Gasteiger partial charge >= 0.3 is 0 Å². The van der Waals surface area contributed by atoms with E-state index in [0.29, 0.717) is 34.4 Å². The highest BCUT2D eigenvalue weighted by Crippen LogP contribution is 2.35. The summed E-state index contributed by atoms with van der Waals surface area (Å²) in [5.74, 6) is 6.48. The van der Waals surface area contributed by atoms with E-state index in [2.05, 4.69) is 16.3 Å². The summed E-state index contributed by atoms with van der Waals surface area (Å²) < 4.78 is 1.34. The zero-order valence-corrected chi connectivity index (χ0v) is 17.5. The van der Waals surface area contributed by atoms with Crippen LogP contribution in [0, 0.1) is 11.3 Å². The van der Waals surface area contributed by atoms with Crippen LogP contribution in [-0.4, -0.2) is 43.5 Å². The number of benzene rings is 1. The number of hydrogen-bond donors (Lipinski definition) is 1. The molecule has 1 fully saturated rings. The number of nitrogen functional groups attached to an aromatic ring is 1. The minimum absolute atomic E-state index is 0.115. The Bertz CT molecular complexity index is 902. The predicted molar refractivity (Wildman–Crippen MR) is 110 cm³/mol. The average molecular weight is 419 g/mol. The number of carbonyl (C=O) groups is 1. The minimum Gasteiger partial charge on any atom is -0.335 e. The molecule has 1 aliphatic rings. The lowest BCUT2D eigenvalue weighted by molar-refractivity contribution is -0.133. The summed E-state index contributed by atoms with van der Waals surface area (Å²) in [4.78, 5) is 14.6. The van der Waals surface area contributed by atoms with Gasteiger partial charge in [0.2, 0.25) is 11.1 Å². The molecule has 0 bridgehead atoms. The molecule has 1 aromatic heterocycles. The summed E-state index contributed by atoms with van der Waals surface area (Å²) in [7, 11) is 1.72. The molecule has 7 nitrogen and oxygen atoms in total. The first-order valence-corrected chi connectivity index (χ1v) is 10.5. The standard InChI is InChI=1S/C19H23ClN6OS/c1-13(17(27)25(2)19(12-21)10-6-3-7-11-19)28-18-24-23-16(26(18)22)14-8-4-5-9-15(14)20/h4-5,8-9,13H,3,6-7,10-11,22H2,1-2H3/t13-/m0/s1. The Labute approximate surface area is 173 Å². The maximum absolute atomic E-state index is 13.0. The Hall–Kier alpha value is -2.24. The number of nitriles is 1. The van der Waals surface area contributed by atoms with Crippen molar-refractivity contribution in [1.82, 2.24) is 19.8 Å². The van der Waals surface area contributed by atoms with Crippen molar-refractivity contribution in [3.05, 3.63) is 29.3 Å². The zero-order valence-electron chi connectivity index (χ0n) is 15.9. The van der Waals surface area contributed by atoms with Crippen LogP contribution in [0.5, 0.6) is 0 Å². The van der Waals surface area contributed by atoms with E-state index in [1.165, 1.54) is 16.4 Å². The normalized spacial score (nSPS) is 16.9. The van der Waals surface area contributed by atoms with Gasteiger partial charge in [-0.25, -0.2) is 4.68 Å². The van der Waals surface area contributed by atoms with Crippen molar-refractivity contribution >= 4 is 29.3 Å². The number of amides is 1. The number of thioether (sulfide) groups is 1. The monoisotopic (exact) mass is 418 g/mol. The molecule has 2 N–H and O–H groups in total. The van der Waals surface area contributed by atoms with E-state index < -0.39 is 10.8 Å². The van der Waals surface area contributed by atoms with Crippen molar-refractivity contribution in [3.8, 4) is 17.5 Å². The Morgan fingerprint density at radius 3 is 2.68 bits per heavy atom. The maximum Gasteiger partial charge on any atom is 0.236 e. The van der Waals surface area contributed by atoms with Crippen LogP contribution < -0.4 is 5.84 Å². The number of aromatic nitrogens is 3. The van der Waals surface area contributed by atoms with Crippen LogP contribution in [0.15, 0.2) is 29.4 Å². The molecule has 1 atom stereocenters. The topological polar surface area (TPSA) is 101 Å². The van der Waals surface area contributed by atoms with Crippen LogP contribution in [0.3, 0.4) is 0 Å². The predicted octanol–water partition coefficient (Wildman–Crippen LogP) is 3.48. The molecule has 2 aromatic rings. The van der Waals surface area contributed by atoms with Gasteiger partial charge in [0, 0.05) is 12.6 Å². The molecule has 0 saturated heterocycles. The first kappa shape index (κ1) is 20.5. The summed E-state index contributed by atoms with van der Waals surface area (Å²) in [6, 6.07) is 9.62. The molecule has 28 heavy (non-hydrogen) atoms. The van der Waals surface area contributed by atoms with E-state index in [-0.39, 0.29) is 5.91 Å². The van der Waals surface area contributed by atoms with Crippen LogP contribution in [0.2, 0.25) is 5.02 Å². The minimum atomic E-state index is -0.719. The van der Waals surface area contributed by atoms with Crippen LogP contribution in [-0.2, 0) is 4.79 Å². The largest absolute Gasteiger partial charge is 0.335 e. The van der Waals surface area contributed by atoms with Crippen molar-refractivity contribution < 1.29 is 4.79 Å². The molecule has 9 heteroatoms. The third-order valence-electron chi connectivity index (χ3n) is 5.27. The fourth-order valence-electron chi connectivity index (χ4n) is 3.53. The van der Waals surface area contributed by atoms with E-state index in [4.69, 9.17) is 17.4 Å². The molecule has 1 heterocycles. The van der Waals surface area contributed by atoms with Crippen molar-refractivity contribution in [2.75, 3.05) is 12.9 Å². The molecule has 1 amide bonds. The van der Waals surface area contributed by atoms with Gasteiger partial charge in [0.15, 0.2) is 5.82 Å². The third kappa shape index (κ3) is 3.82. The second kappa shape index (κ2) is 8.41. The van der Waals surface area contributed by atoms with E-state index in [1.807, 2.05) is 18.2 Å². The summed E-state index contributed by atoms with van der Waals surface area (Å²) in [5.41, 5.74) is -0.0451. The molecule has 1 aliphatic carbocycles. The maximum atomic E-state index is 13.0. The third-order valence-corrected chi connectivity index (χ3v) is 6.64. The lowest BCUT2D eigenvalue weighted by Gasteiger charge is -2.40. The Morgan fingerprint density at radius 2 is 2.04 bits per heavy atom. The molecule has 1 saturated carbocycles. The Balaban J connectivity index is 1.76. The number of carbonyl (C=O) groups excluding carboxylic acids is 1. The molecule has 1 aromatic carbocycles. The van der Waals surface area contributed by atoms with E-state index in [0.717, 1.165) is 19.3 Å². The second-order valence-corrected chi connectivity index (χ2v) is 8.73. The highest BCUT2D eigenvalue weighted by Gasteiger charge is 2.40. The van der Waals surface area contributed by atoms with Crippen LogP contribution in [0.4, 0.5) is 0 Å². The zero-order chi connectivity index (χ0) is 20.3. The summed E-state index contributed by atoms with van der Waals surface area (Å²) in [5, 5.41) is 18.5. The number of halogens is 1. The molecule has 0 spiro atoms. The second-order valence-electron chi connectivity index (χ2n) is 7.02. The first-order valence-electron chi connectivity index (χ1n) is 9.20. The molecular formula is C19H23ClN6OS. The van der Waals surface area contributed by atoms with Gasteiger partial charge in [-0.2, -0.15) is 5.26 Å². The lowest BCUT2D eigenvalue weighted by atomic mass is 9.81. The highest BCUT2D eigenvalue weighted by molar-refractivity contribution is 8.00. The van der Waals surface area contributed by atoms with Crippen molar-refractivity contribution in [3.63, 3.8) is 0 Å². The SMILES string of the molecule is C[C@H](Sc1nnc(-c2ccccc2Cl)n1N)C(=O)N(C)C1(C#N)CCCCC1. The smallest absolute Gasteiger partial charge is 0.236 e. The van der Waals surface area contributed by atoms with Crippen molar-refractivity contribution in [2.45, 2.75) is 55.0 Å². The molecule has 0 unspecified atom stereocenters. The molecule has 0 radical (unpaired) electrons. The molecule has 0 aliphatic heterocycles. The highest BCUT2D eigenvalue weighted by atomic mass is 35.5. The van der Waals surface area contributed by atoms with Gasteiger partial charge in [0.25, 0.3) is 0 Å². The molecular weight excluding hydrogens is 396 g/mol. The number of nitrogens with zero attached hydrogens (tertiary/aromatic N) is 5. The van der Waals surface area contributed by atoms with Gasteiger partial charge in [-0.3, -0.25) is 4.79 Å². The Kier molecular flexibility index (Phi) is 6.16. The van der Waals surface area contributed by atoms with Gasteiger partial charge < -0.3 is 10.7 Å². The van der Waals surface area contributed by atoms with Crippen molar-refractivity contribution in [2.24, 2.45) is 0 Å². The molecule has 148 valence electrons. The van der Waals surface area contributed by atoms with Gasteiger partial charge in [-0.1, -0.05) is 54.8 Å². The van der Waals surface area contributed by atoms with E-state index in [1.54, 1.807) is 24.9 Å². The number of nitrogens with two attached hydrogens (primary N) is 1. The van der Waals surface area contributed by atoms with Crippen LogP contribution >= 0.6 is 23.4 Å². The van der Waals surface area contributed by atoms with E-state index >= 15 is 0 Å². The number of rotatable bonds is 5. The lowest BCUT2D eigenvalue weighted by Crippen LogP contribution is -2.52. The van der Waals surface area contributed by atoms with E-state index in [9.17, 15) is 10.1 Å². The number of hydrogen-bond acceptors (Lipinski definition) is 6. The van der Waals surface area contributed by atoms with Crippen molar-refractivity contribution in [1.29, 1.82) is 5.26 Å². The quantitative estimate of drug-likeness (QED) is 0.589. The Morgan fingerprint density at radius 1 is 1.36 bits per heavy atom. The van der Waals surface area contributed by atoms with Crippen LogP contribution in [0.25, 0.3) is 11.4 Å².